The minimum Gasteiger partial charge on any atom is -0.481 e. The monoisotopic (exact) mass is 1190 g/mol. The van der Waals surface area contributed by atoms with Gasteiger partial charge in [0, 0.05) is 19.6 Å². The molecule has 0 radical (unpaired) electrons. The molecule has 0 aliphatic carbocycles. The molecule has 0 aromatic rings. The second kappa shape index (κ2) is 34.1. The number of hydrogen-bond acceptors (Lipinski definition) is 17. The normalized spacial score (nSPS) is 19.2. The number of nitrogens with one attached hydrogen (secondary N) is 8. The summed E-state index contributed by atoms with van der Waals surface area (Å²) in [6.07, 6.45) is -3.75. The molecule has 2 heterocycles. The van der Waals surface area contributed by atoms with Crippen molar-refractivity contribution in [3.05, 3.63) is 0 Å². The quantitative estimate of drug-likeness (QED) is 0.0162. The molecule has 0 unspecified atom stereocenters. The molecule has 14 atom stereocenters. The summed E-state index contributed by atoms with van der Waals surface area (Å²) in [5, 5.41) is 50.6. The van der Waals surface area contributed by atoms with Crippen LogP contribution >= 0.6 is 0 Å². The number of nitrogens with two attached hydrogens (primary N) is 5. The Kier molecular flexibility index (Phi) is 29.4. The van der Waals surface area contributed by atoms with Crippen LogP contribution in [0.15, 0.2) is 4.99 Å². The molecule has 0 saturated carbocycles. The van der Waals surface area contributed by atoms with Gasteiger partial charge in [0.25, 0.3) is 0 Å². The average Bonchev–Trinajstić information content (AvgIpc) is 3.82. The molecule has 2 aliphatic heterocycles. The van der Waals surface area contributed by atoms with Gasteiger partial charge in [0.05, 0.1) is 31.1 Å². The molecule has 474 valence electrons. The Hall–Kier alpha value is -7.74. The minimum atomic E-state index is -1.93. The molecule has 0 bridgehead atoms. The van der Waals surface area contributed by atoms with Gasteiger partial charge < -0.3 is 96.3 Å². The van der Waals surface area contributed by atoms with Crippen molar-refractivity contribution in [3.8, 4) is 0 Å². The lowest BCUT2D eigenvalue weighted by Crippen LogP contribution is -2.62. The summed E-state index contributed by atoms with van der Waals surface area (Å²) in [6, 6.07) is -15.7. The number of carbonyl (C=O) groups excluding carboxylic acids is 12. The number of rotatable bonds is 34. The van der Waals surface area contributed by atoms with E-state index in [4.69, 9.17) is 28.7 Å². The van der Waals surface area contributed by atoms with Crippen LogP contribution in [0, 0.1) is 17.8 Å². The Balaban J connectivity index is 2.33. The van der Waals surface area contributed by atoms with E-state index in [0.29, 0.717) is 6.42 Å². The van der Waals surface area contributed by atoms with E-state index in [1.807, 2.05) is 0 Å². The summed E-state index contributed by atoms with van der Waals surface area (Å²) in [7, 11) is 0. The van der Waals surface area contributed by atoms with Crippen LogP contribution in [-0.2, 0) is 62.3 Å². The van der Waals surface area contributed by atoms with E-state index in [-0.39, 0.29) is 82.4 Å². The number of hydrogen-bond donors (Lipinski definition) is 16. The highest BCUT2D eigenvalue weighted by molar-refractivity contribution is 6.00. The fourth-order valence-electron chi connectivity index (χ4n) is 9.27. The van der Waals surface area contributed by atoms with Crippen LogP contribution < -0.4 is 71.2 Å². The van der Waals surface area contributed by atoms with Crippen LogP contribution in [0.5, 0.6) is 0 Å². The number of aliphatic carboxylic acids is 1. The zero-order valence-electron chi connectivity index (χ0n) is 49.3. The molecule has 2 aliphatic rings. The highest BCUT2D eigenvalue weighted by Crippen LogP contribution is 2.24. The second-order valence-corrected chi connectivity index (χ2v) is 22.2. The number of aliphatic imine (C=N–C) groups is 1. The van der Waals surface area contributed by atoms with Gasteiger partial charge in [-0.25, -0.2) is 0 Å². The van der Waals surface area contributed by atoms with Gasteiger partial charge in [-0.2, -0.15) is 0 Å². The maximum Gasteiger partial charge on any atom is 0.305 e. The average molecular weight is 1200 g/mol. The predicted octanol–water partition coefficient (Wildman–Crippen LogP) is -6.41. The summed E-state index contributed by atoms with van der Waals surface area (Å²) in [6.45, 7) is 14.0. The topological polar surface area (TPSA) is 528 Å². The number of carboxylic acid groups (broad SMARTS) is 1. The maximum atomic E-state index is 14.4. The molecule has 32 nitrogen and oxygen atoms in total. The zero-order valence-corrected chi connectivity index (χ0v) is 49.3. The third-order valence-electron chi connectivity index (χ3n) is 14.3. The fraction of sp³-hybridized carbons (Fsp3) is 0.731. The molecule has 21 N–H and O–H groups in total. The van der Waals surface area contributed by atoms with E-state index in [2.05, 4.69) is 47.5 Å². The van der Waals surface area contributed by atoms with E-state index in [1.165, 1.54) is 23.6 Å². The molecule has 32 heteroatoms. The van der Waals surface area contributed by atoms with Crippen LogP contribution in [0.1, 0.15) is 127 Å². The van der Waals surface area contributed by atoms with Crippen LogP contribution in [0.2, 0.25) is 0 Å². The van der Waals surface area contributed by atoms with E-state index in [9.17, 15) is 77.6 Å². The fourth-order valence-corrected chi connectivity index (χ4v) is 9.27. The largest absolute Gasteiger partial charge is 0.481 e. The van der Waals surface area contributed by atoms with Crippen molar-refractivity contribution in [3.63, 3.8) is 0 Å². The molecule has 0 aromatic heterocycles. The third-order valence-corrected chi connectivity index (χ3v) is 14.3. The Morgan fingerprint density at radius 3 is 1.54 bits per heavy atom. The standard InChI is InChI=1S/C52H90N16O16/c1-10-25(6)38(64-42(75)26(7)59-48(81)39(27(8)69)66-47(80)37(54)24(4)5)51(84)68-19-13-16-34(68)46(79)65-40(28(9)70)49(82)62-31(22-36(72)73)44(77)63-32(20-23(2)3)50(83)67-18-12-15-33(67)45(78)60-29(14-11-17-58-52(56)57)43(76)61-30(41(55)74)21-35(53)71/h23-34,37-40,69-70H,10-22,54H2,1-9H3,(H2,53,71)(H2,55,74)(H,59,81)(H,60,78)(H,61,76)(H,62,82)(H,63,77)(H,64,75)(H,65,79)(H,66,80)(H,72,73)(H4,56,57,58)/t25-,26-,27+,28+,29-,30-,31-,32-,33-,34-,37-,38-,39-,40-/m0/s1. The molecule has 0 spiro atoms. The van der Waals surface area contributed by atoms with Gasteiger partial charge >= 0.3 is 5.97 Å². The SMILES string of the molecule is CC[C@H](C)[C@H](NC(=O)[C@H](C)NC(=O)[C@@H](NC(=O)[C@@H](N)C(C)C)[C@@H](C)O)C(=O)N1CCC[C@H]1C(=O)N[C@H](C(=O)N[C@@H](CC(=O)O)C(=O)N[C@@H](CC(C)C)C(=O)N1CCC[C@H]1C(=O)N[C@@H](CCCN=C(N)N)C(=O)N[C@@H](CC(N)=O)C(N)=O)[C@@H](C)O. The lowest BCUT2D eigenvalue weighted by molar-refractivity contribution is -0.145. The van der Waals surface area contributed by atoms with Crippen molar-refractivity contribution in [2.75, 3.05) is 19.6 Å². The molecule has 2 saturated heterocycles. The number of primary amides is 2. The van der Waals surface area contributed by atoms with Crippen LogP contribution in [0.3, 0.4) is 0 Å². The van der Waals surface area contributed by atoms with Crippen molar-refractivity contribution in [1.82, 2.24) is 52.3 Å². The highest BCUT2D eigenvalue weighted by Gasteiger charge is 2.44. The lowest BCUT2D eigenvalue weighted by Gasteiger charge is -2.33. The van der Waals surface area contributed by atoms with Gasteiger partial charge in [-0.15, -0.1) is 0 Å². The first-order valence-electron chi connectivity index (χ1n) is 28.1. The van der Waals surface area contributed by atoms with Gasteiger partial charge in [-0.1, -0.05) is 48.0 Å². The summed E-state index contributed by atoms with van der Waals surface area (Å²) in [4.78, 5) is 180. The van der Waals surface area contributed by atoms with Crippen molar-refractivity contribution in [2.45, 2.75) is 205 Å². The predicted molar refractivity (Wildman–Crippen MR) is 301 cm³/mol. The molecule has 12 amide bonds. The van der Waals surface area contributed by atoms with Gasteiger partial charge in [0.2, 0.25) is 70.9 Å². The minimum absolute atomic E-state index is 0.00377. The number of likely N-dealkylation sites (tertiary alicyclic amines) is 2. The zero-order chi connectivity index (χ0) is 64.0. The maximum absolute atomic E-state index is 14.4. The van der Waals surface area contributed by atoms with E-state index in [1.54, 1.807) is 41.5 Å². The molecule has 2 rings (SSSR count). The molecular formula is C52H90N16O16. The molecular weight excluding hydrogens is 1100 g/mol. The van der Waals surface area contributed by atoms with Crippen LogP contribution in [-0.4, -0.2) is 206 Å². The lowest BCUT2D eigenvalue weighted by atomic mass is 9.97. The van der Waals surface area contributed by atoms with Crippen molar-refractivity contribution >= 4 is 82.8 Å². The van der Waals surface area contributed by atoms with Crippen molar-refractivity contribution in [1.29, 1.82) is 0 Å². The first kappa shape index (κ1) is 72.4. The van der Waals surface area contributed by atoms with Crippen LogP contribution in [0.4, 0.5) is 0 Å². The second-order valence-electron chi connectivity index (χ2n) is 22.2. The molecule has 2 fully saturated rings. The van der Waals surface area contributed by atoms with Gasteiger partial charge in [0.15, 0.2) is 5.96 Å². The third kappa shape index (κ3) is 22.4. The molecule has 0 aromatic carbocycles. The van der Waals surface area contributed by atoms with Crippen molar-refractivity contribution in [2.24, 2.45) is 51.4 Å². The van der Waals surface area contributed by atoms with Gasteiger partial charge in [-0.05, 0) is 83.5 Å². The number of amides is 12. The first-order valence-corrected chi connectivity index (χ1v) is 28.1. The van der Waals surface area contributed by atoms with Gasteiger partial charge in [-0.3, -0.25) is 67.3 Å². The van der Waals surface area contributed by atoms with Gasteiger partial charge in [0.1, 0.15) is 60.4 Å². The number of nitrogens with zero attached hydrogens (tertiary/aromatic N) is 3. The number of carbonyl (C=O) groups is 13. The number of guanidine groups is 1. The first-order chi connectivity index (χ1) is 39.1. The van der Waals surface area contributed by atoms with Crippen molar-refractivity contribution < 1.29 is 77.6 Å². The Labute approximate surface area is 487 Å². The van der Waals surface area contributed by atoms with E-state index < -0.39 is 174 Å². The number of aliphatic hydroxyl groups excluding tert-OH is 2. The molecule has 84 heavy (non-hydrogen) atoms. The van der Waals surface area contributed by atoms with E-state index >= 15 is 0 Å². The summed E-state index contributed by atoms with van der Waals surface area (Å²) in [5.41, 5.74) is 27.3. The summed E-state index contributed by atoms with van der Waals surface area (Å²) >= 11 is 0. The Morgan fingerprint density at radius 2 is 1.05 bits per heavy atom. The van der Waals surface area contributed by atoms with E-state index in [0.717, 1.165) is 6.92 Å². The number of aliphatic hydroxyl groups is 2. The highest BCUT2D eigenvalue weighted by atomic mass is 16.4. The Bertz CT molecular complexity index is 2400. The Morgan fingerprint density at radius 1 is 0.560 bits per heavy atom. The number of carboxylic acids is 1. The van der Waals surface area contributed by atoms with Crippen LogP contribution in [0.25, 0.3) is 0 Å². The summed E-state index contributed by atoms with van der Waals surface area (Å²) in [5.74, 6) is -14.0. The summed E-state index contributed by atoms with van der Waals surface area (Å²) < 4.78 is 0. The smallest absolute Gasteiger partial charge is 0.305 e.